The van der Waals surface area contributed by atoms with Gasteiger partial charge in [-0.25, -0.2) is 4.79 Å². The highest BCUT2D eigenvalue weighted by atomic mass is 32.1. The Balaban J connectivity index is 2.54. The van der Waals surface area contributed by atoms with E-state index in [1.54, 1.807) is 6.07 Å². The van der Waals surface area contributed by atoms with Crippen LogP contribution in [0.2, 0.25) is 0 Å². The van der Waals surface area contributed by atoms with E-state index in [0.29, 0.717) is 5.69 Å². The number of hydrogen-bond donors (Lipinski definition) is 1. The summed E-state index contributed by atoms with van der Waals surface area (Å²) < 4.78 is 5.09. The van der Waals surface area contributed by atoms with Crippen LogP contribution in [0.1, 0.15) is 25.6 Å². The third-order valence-corrected chi connectivity index (χ3v) is 2.16. The number of amides is 1. The summed E-state index contributed by atoms with van der Waals surface area (Å²) in [6.45, 7) is 9.25. The van der Waals surface area contributed by atoms with E-state index in [2.05, 4.69) is 12.2 Å². The lowest BCUT2D eigenvalue weighted by atomic mass is 10.2. The van der Waals surface area contributed by atoms with E-state index >= 15 is 0 Å². The number of carbonyl (C=O) groups is 1. The highest BCUT2D eigenvalue weighted by Crippen LogP contribution is 2.21. The Morgan fingerprint density at radius 3 is 2.64 bits per heavy atom. The van der Waals surface area contributed by atoms with Crippen molar-refractivity contribution in [1.82, 2.24) is 0 Å². The van der Waals surface area contributed by atoms with Gasteiger partial charge in [0.15, 0.2) is 0 Å². The molecular weight excluding hydrogens is 198 g/mol. The Kier molecular flexibility index (Phi) is 3.16. The van der Waals surface area contributed by atoms with Crippen molar-refractivity contribution in [2.45, 2.75) is 26.4 Å². The summed E-state index contributed by atoms with van der Waals surface area (Å²) in [5, 5.41) is 4.50. The lowest BCUT2D eigenvalue weighted by Crippen LogP contribution is -2.27. The number of hydrogen-bond acceptors (Lipinski definition) is 3. The minimum absolute atomic E-state index is 0.444. The SMILES string of the molecule is [CH2]c1sccc1NC(=O)OC(C)(C)C. The van der Waals surface area contributed by atoms with E-state index in [4.69, 9.17) is 4.74 Å². The van der Waals surface area contributed by atoms with Gasteiger partial charge in [0.25, 0.3) is 0 Å². The van der Waals surface area contributed by atoms with E-state index in [0.717, 1.165) is 4.88 Å². The maximum Gasteiger partial charge on any atom is 0.412 e. The lowest BCUT2D eigenvalue weighted by molar-refractivity contribution is 0.0636. The van der Waals surface area contributed by atoms with E-state index in [-0.39, 0.29) is 0 Å². The van der Waals surface area contributed by atoms with Gasteiger partial charge in [-0.15, -0.1) is 11.3 Å². The molecule has 0 aliphatic heterocycles. The molecule has 1 amide bonds. The molecule has 14 heavy (non-hydrogen) atoms. The first-order valence-corrected chi connectivity index (χ1v) is 5.16. The Morgan fingerprint density at radius 1 is 1.57 bits per heavy atom. The van der Waals surface area contributed by atoms with E-state index in [1.807, 2.05) is 26.2 Å². The molecule has 1 heterocycles. The van der Waals surface area contributed by atoms with Crippen molar-refractivity contribution in [1.29, 1.82) is 0 Å². The Bertz CT molecular complexity index is 325. The predicted octanol–water partition coefficient (Wildman–Crippen LogP) is 3.28. The summed E-state index contributed by atoms with van der Waals surface area (Å²) >= 11 is 1.48. The van der Waals surface area contributed by atoms with Crippen molar-refractivity contribution in [3.8, 4) is 0 Å². The molecule has 77 valence electrons. The Morgan fingerprint density at radius 2 is 2.21 bits per heavy atom. The molecule has 0 saturated heterocycles. The molecule has 0 bridgehead atoms. The molecule has 0 aliphatic rings. The molecule has 0 spiro atoms. The molecule has 0 saturated carbocycles. The lowest BCUT2D eigenvalue weighted by Gasteiger charge is -2.19. The topological polar surface area (TPSA) is 38.3 Å². The van der Waals surface area contributed by atoms with Crippen molar-refractivity contribution in [3.05, 3.63) is 23.2 Å². The van der Waals surface area contributed by atoms with Gasteiger partial charge in [0, 0.05) is 4.88 Å². The molecule has 1 aromatic heterocycles. The molecule has 1 rings (SSSR count). The maximum atomic E-state index is 11.3. The molecule has 0 aromatic carbocycles. The number of anilines is 1. The van der Waals surface area contributed by atoms with Gasteiger partial charge in [0.1, 0.15) is 5.60 Å². The highest BCUT2D eigenvalue weighted by Gasteiger charge is 2.16. The van der Waals surface area contributed by atoms with Gasteiger partial charge >= 0.3 is 6.09 Å². The average molecular weight is 212 g/mol. The quantitative estimate of drug-likeness (QED) is 0.775. The summed E-state index contributed by atoms with van der Waals surface area (Å²) in [6.07, 6.45) is -0.444. The fourth-order valence-electron chi connectivity index (χ4n) is 0.866. The van der Waals surface area contributed by atoms with Gasteiger partial charge in [0.2, 0.25) is 0 Å². The summed E-state index contributed by atoms with van der Waals surface area (Å²) in [5.74, 6) is 0. The van der Waals surface area contributed by atoms with Gasteiger partial charge in [-0.1, -0.05) is 0 Å². The average Bonchev–Trinajstić information content (AvgIpc) is 2.32. The number of carbonyl (C=O) groups excluding carboxylic acids is 1. The number of nitrogens with one attached hydrogen (secondary N) is 1. The van der Waals surface area contributed by atoms with E-state index in [9.17, 15) is 4.79 Å². The second-order valence-corrected chi connectivity index (χ2v) is 4.89. The van der Waals surface area contributed by atoms with Gasteiger partial charge < -0.3 is 4.74 Å². The first-order chi connectivity index (χ1) is 6.38. The molecule has 0 fully saturated rings. The number of ether oxygens (including phenoxy) is 1. The van der Waals surface area contributed by atoms with Crippen LogP contribution in [0.4, 0.5) is 10.5 Å². The molecule has 0 atom stereocenters. The molecule has 1 aromatic rings. The van der Waals surface area contributed by atoms with E-state index in [1.165, 1.54) is 11.3 Å². The molecule has 1 N–H and O–H groups in total. The monoisotopic (exact) mass is 212 g/mol. The van der Waals surface area contributed by atoms with Crippen LogP contribution in [0.25, 0.3) is 0 Å². The van der Waals surface area contributed by atoms with Crippen LogP contribution in [0.3, 0.4) is 0 Å². The van der Waals surface area contributed by atoms with Crippen LogP contribution in [0.5, 0.6) is 0 Å². The molecule has 4 heteroatoms. The van der Waals surface area contributed by atoms with Crippen LogP contribution < -0.4 is 5.32 Å². The second-order valence-electron chi connectivity index (χ2n) is 3.88. The van der Waals surface area contributed by atoms with Crippen molar-refractivity contribution in [3.63, 3.8) is 0 Å². The molecule has 0 unspecified atom stereocenters. The molecule has 3 nitrogen and oxygen atoms in total. The normalized spacial score (nSPS) is 11.1. The first kappa shape index (κ1) is 11.0. The van der Waals surface area contributed by atoms with Crippen LogP contribution >= 0.6 is 11.3 Å². The van der Waals surface area contributed by atoms with Crippen molar-refractivity contribution in [2.24, 2.45) is 0 Å². The van der Waals surface area contributed by atoms with E-state index < -0.39 is 11.7 Å². The first-order valence-electron chi connectivity index (χ1n) is 4.28. The minimum Gasteiger partial charge on any atom is -0.444 e. The van der Waals surface area contributed by atoms with Crippen molar-refractivity contribution < 1.29 is 9.53 Å². The summed E-state index contributed by atoms with van der Waals surface area (Å²) in [7, 11) is 0. The third-order valence-electron chi connectivity index (χ3n) is 1.38. The zero-order chi connectivity index (χ0) is 10.8. The Labute approximate surface area is 88.1 Å². The standard InChI is InChI=1S/C10H14NO2S/c1-7-8(5-6-14-7)11-9(12)13-10(2,3)4/h5-6H,1H2,2-4H3,(H,11,12). The predicted molar refractivity (Wildman–Crippen MR) is 58.6 cm³/mol. The van der Waals surface area contributed by atoms with Crippen LogP contribution in [-0.4, -0.2) is 11.7 Å². The van der Waals surface area contributed by atoms with Crippen LogP contribution in [0, 0.1) is 6.92 Å². The van der Waals surface area contributed by atoms with Gasteiger partial charge in [-0.2, -0.15) is 0 Å². The Hall–Kier alpha value is -1.03. The zero-order valence-electron chi connectivity index (χ0n) is 8.59. The largest absolute Gasteiger partial charge is 0.444 e. The number of rotatable bonds is 1. The van der Waals surface area contributed by atoms with Gasteiger partial charge in [-0.05, 0) is 39.1 Å². The summed E-state index contributed by atoms with van der Waals surface area (Å²) in [5.41, 5.74) is 0.241. The van der Waals surface area contributed by atoms with Gasteiger partial charge in [0.05, 0.1) is 5.69 Å². The second kappa shape index (κ2) is 4.00. The maximum absolute atomic E-state index is 11.3. The molecule has 0 aliphatic carbocycles. The highest BCUT2D eigenvalue weighted by molar-refractivity contribution is 7.10. The van der Waals surface area contributed by atoms with Crippen LogP contribution in [0.15, 0.2) is 11.4 Å². The zero-order valence-corrected chi connectivity index (χ0v) is 9.40. The smallest absolute Gasteiger partial charge is 0.412 e. The summed E-state index contributed by atoms with van der Waals surface area (Å²) in [6, 6.07) is 1.80. The van der Waals surface area contributed by atoms with Crippen LogP contribution in [-0.2, 0) is 4.74 Å². The molecule has 1 radical (unpaired) electrons. The fraction of sp³-hybridized carbons (Fsp3) is 0.400. The number of thiophene rings is 1. The minimum atomic E-state index is -0.471. The summed E-state index contributed by atoms with van der Waals surface area (Å²) in [4.78, 5) is 12.2. The van der Waals surface area contributed by atoms with Crippen molar-refractivity contribution in [2.75, 3.05) is 5.32 Å². The molecular formula is C10H14NO2S. The van der Waals surface area contributed by atoms with Gasteiger partial charge in [-0.3, -0.25) is 5.32 Å². The fourth-order valence-corrected chi connectivity index (χ4v) is 1.48. The van der Waals surface area contributed by atoms with Crippen molar-refractivity contribution >= 4 is 23.1 Å². The third kappa shape index (κ3) is 3.38.